The number of benzene rings is 1. The average molecular weight is 366 g/mol. The second-order valence-corrected chi connectivity index (χ2v) is 5.44. The van der Waals surface area contributed by atoms with Gasteiger partial charge in [-0.3, -0.25) is 4.79 Å². The lowest BCUT2D eigenvalue weighted by atomic mass is 10.1. The van der Waals surface area contributed by atoms with Crippen molar-refractivity contribution in [2.24, 2.45) is 0 Å². The molecule has 0 atom stereocenters. The first-order valence-corrected chi connectivity index (χ1v) is 8.33. The summed E-state index contributed by atoms with van der Waals surface area (Å²) in [5.41, 5.74) is 0.748. The number of esters is 1. The van der Waals surface area contributed by atoms with Crippen molar-refractivity contribution in [2.45, 2.75) is 13.5 Å². The lowest BCUT2D eigenvalue weighted by molar-refractivity contribution is 0.0527. The maximum atomic E-state index is 12.4. The molecule has 2 N–H and O–H groups in total. The first kappa shape index (κ1) is 18.1. The highest BCUT2D eigenvalue weighted by Crippen LogP contribution is 2.17. The number of hydrogen-bond acceptors (Lipinski definition) is 7. The zero-order chi connectivity index (χ0) is 19.1. The van der Waals surface area contributed by atoms with Crippen LogP contribution in [0.5, 0.6) is 0 Å². The van der Waals surface area contributed by atoms with Crippen LogP contribution < -0.4 is 10.6 Å². The molecule has 0 aliphatic rings. The Hall–Kier alpha value is -3.68. The fraction of sp³-hybridized carbons (Fsp3) is 0.158. The Morgan fingerprint density at radius 1 is 1.11 bits per heavy atom. The Morgan fingerprint density at radius 2 is 1.96 bits per heavy atom. The first-order valence-electron chi connectivity index (χ1n) is 8.33. The lowest BCUT2D eigenvalue weighted by Gasteiger charge is -2.10. The predicted molar refractivity (Wildman–Crippen MR) is 98.4 cm³/mol. The first-order chi connectivity index (χ1) is 13.2. The second-order valence-electron chi connectivity index (χ2n) is 5.44. The maximum Gasteiger partial charge on any atom is 0.340 e. The van der Waals surface area contributed by atoms with Gasteiger partial charge in [-0.05, 0) is 31.2 Å². The number of rotatable bonds is 7. The molecule has 0 spiro atoms. The molecule has 0 unspecified atom stereocenters. The third-order valence-electron chi connectivity index (χ3n) is 3.58. The van der Waals surface area contributed by atoms with Gasteiger partial charge in [0, 0.05) is 0 Å². The van der Waals surface area contributed by atoms with Gasteiger partial charge in [-0.25, -0.2) is 14.8 Å². The third-order valence-corrected chi connectivity index (χ3v) is 3.58. The zero-order valence-electron chi connectivity index (χ0n) is 14.6. The van der Waals surface area contributed by atoms with Gasteiger partial charge >= 0.3 is 5.97 Å². The van der Waals surface area contributed by atoms with Crippen LogP contribution in [0.15, 0.2) is 59.5 Å². The number of nitrogens with zero attached hydrogens (tertiary/aromatic N) is 2. The van der Waals surface area contributed by atoms with E-state index < -0.39 is 11.9 Å². The van der Waals surface area contributed by atoms with Crippen molar-refractivity contribution in [3.8, 4) is 0 Å². The van der Waals surface area contributed by atoms with Crippen LogP contribution in [-0.4, -0.2) is 28.5 Å². The van der Waals surface area contributed by atoms with Crippen molar-refractivity contribution < 1.29 is 18.7 Å². The lowest BCUT2D eigenvalue weighted by Crippen LogP contribution is -2.17. The quantitative estimate of drug-likeness (QED) is 0.619. The Kier molecular flexibility index (Phi) is 5.78. The molecule has 0 aliphatic carbocycles. The van der Waals surface area contributed by atoms with Gasteiger partial charge in [-0.2, -0.15) is 0 Å². The fourth-order valence-electron chi connectivity index (χ4n) is 2.29. The number of hydrogen-bond donors (Lipinski definition) is 2. The van der Waals surface area contributed by atoms with Gasteiger partial charge in [-0.1, -0.05) is 12.1 Å². The van der Waals surface area contributed by atoms with Gasteiger partial charge in [-0.15, -0.1) is 0 Å². The monoisotopic (exact) mass is 366 g/mol. The number of para-hydroxylation sites is 1. The summed E-state index contributed by atoms with van der Waals surface area (Å²) < 4.78 is 10.2. The Bertz CT molecular complexity index is 908. The number of carbonyl (C=O) groups excluding carboxylic acids is 2. The van der Waals surface area contributed by atoms with E-state index in [4.69, 9.17) is 9.15 Å². The summed E-state index contributed by atoms with van der Waals surface area (Å²) >= 11 is 0. The fourth-order valence-corrected chi connectivity index (χ4v) is 2.29. The van der Waals surface area contributed by atoms with Crippen LogP contribution in [0.3, 0.4) is 0 Å². The van der Waals surface area contributed by atoms with Crippen LogP contribution in [0.25, 0.3) is 0 Å². The van der Waals surface area contributed by atoms with E-state index in [0.29, 0.717) is 18.1 Å². The van der Waals surface area contributed by atoms with E-state index in [1.165, 1.54) is 12.4 Å². The number of ether oxygens (including phenoxy) is 1. The van der Waals surface area contributed by atoms with Crippen LogP contribution >= 0.6 is 0 Å². The van der Waals surface area contributed by atoms with E-state index in [-0.39, 0.29) is 17.9 Å². The summed E-state index contributed by atoms with van der Waals surface area (Å²) in [6.07, 6.45) is 4.39. The normalized spacial score (nSPS) is 10.3. The highest BCUT2D eigenvalue weighted by Gasteiger charge is 2.15. The smallest absolute Gasteiger partial charge is 0.340 e. The molecule has 0 radical (unpaired) electrons. The van der Waals surface area contributed by atoms with E-state index in [2.05, 4.69) is 20.6 Å². The van der Waals surface area contributed by atoms with E-state index in [0.717, 1.165) is 5.76 Å². The van der Waals surface area contributed by atoms with Crippen LogP contribution in [0.1, 0.15) is 33.5 Å². The number of amides is 1. The van der Waals surface area contributed by atoms with E-state index in [9.17, 15) is 9.59 Å². The van der Waals surface area contributed by atoms with Crippen molar-refractivity contribution in [3.63, 3.8) is 0 Å². The SMILES string of the molecule is CCOC(=O)c1ccccc1NC(=O)c1cnc(NCc2ccco2)cn1. The van der Waals surface area contributed by atoms with Crippen molar-refractivity contribution in [2.75, 3.05) is 17.2 Å². The zero-order valence-corrected chi connectivity index (χ0v) is 14.6. The van der Waals surface area contributed by atoms with Crippen molar-refractivity contribution in [3.05, 3.63) is 72.1 Å². The molecule has 0 saturated heterocycles. The van der Waals surface area contributed by atoms with Crippen LogP contribution in [0, 0.1) is 0 Å². The molecule has 8 nitrogen and oxygen atoms in total. The molecule has 3 aromatic rings. The van der Waals surface area contributed by atoms with Crippen molar-refractivity contribution >= 4 is 23.4 Å². The summed E-state index contributed by atoms with van der Waals surface area (Å²) in [5.74, 6) is 0.290. The van der Waals surface area contributed by atoms with E-state index >= 15 is 0 Å². The molecule has 0 saturated carbocycles. The van der Waals surface area contributed by atoms with Crippen LogP contribution in [0.4, 0.5) is 11.5 Å². The predicted octanol–water partition coefficient (Wildman–Crippen LogP) is 3.11. The molecule has 138 valence electrons. The van der Waals surface area contributed by atoms with Gasteiger partial charge in [0.2, 0.25) is 0 Å². The minimum atomic E-state index is -0.503. The number of furan rings is 1. The molecular weight excluding hydrogens is 348 g/mol. The minimum absolute atomic E-state index is 0.122. The Morgan fingerprint density at radius 3 is 2.67 bits per heavy atom. The molecule has 0 fully saturated rings. The Balaban J connectivity index is 1.65. The molecule has 3 rings (SSSR count). The van der Waals surface area contributed by atoms with Gasteiger partial charge in [0.15, 0.2) is 0 Å². The van der Waals surface area contributed by atoms with Crippen molar-refractivity contribution in [1.29, 1.82) is 0 Å². The van der Waals surface area contributed by atoms with Gasteiger partial charge in [0.1, 0.15) is 17.3 Å². The van der Waals surface area contributed by atoms with Gasteiger partial charge in [0.05, 0.1) is 43.1 Å². The summed E-state index contributed by atoms with van der Waals surface area (Å²) in [6, 6.07) is 10.2. The van der Waals surface area contributed by atoms with Gasteiger partial charge in [0.25, 0.3) is 5.91 Å². The largest absolute Gasteiger partial charge is 0.467 e. The molecule has 0 aliphatic heterocycles. The highest BCUT2D eigenvalue weighted by molar-refractivity contribution is 6.06. The van der Waals surface area contributed by atoms with E-state index in [1.807, 2.05) is 6.07 Å². The summed E-state index contributed by atoms with van der Waals surface area (Å²) in [4.78, 5) is 32.6. The molecule has 1 amide bonds. The highest BCUT2D eigenvalue weighted by atomic mass is 16.5. The number of aromatic nitrogens is 2. The van der Waals surface area contributed by atoms with Crippen LogP contribution in [0.2, 0.25) is 0 Å². The molecule has 1 aromatic carbocycles. The molecule has 2 heterocycles. The summed E-state index contributed by atoms with van der Waals surface area (Å²) in [5, 5.41) is 5.70. The number of anilines is 2. The van der Waals surface area contributed by atoms with Gasteiger partial charge < -0.3 is 19.8 Å². The van der Waals surface area contributed by atoms with Crippen LogP contribution in [-0.2, 0) is 11.3 Å². The second kappa shape index (κ2) is 8.61. The Labute approximate surface area is 155 Å². The number of carbonyl (C=O) groups is 2. The number of nitrogens with one attached hydrogen (secondary N) is 2. The topological polar surface area (TPSA) is 106 Å². The van der Waals surface area contributed by atoms with Crippen molar-refractivity contribution in [1.82, 2.24) is 9.97 Å². The molecule has 0 bridgehead atoms. The molecular formula is C19H18N4O4. The molecule has 27 heavy (non-hydrogen) atoms. The summed E-state index contributed by atoms with van der Waals surface area (Å²) in [7, 11) is 0. The minimum Gasteiger partial charge on any atom is -0.467 e. The molecule has 2 aromatic heterocycles. The summed E-state index contributed by atoms with van der Waals surface area (Å²) in [6.45, 7) is 2.43. The molecule has 8 heteroatoms. The standard InChI is InChI=1S/C19H18N4O4/c1-2-26-19(25)14-7-3-4-8-15(14)23-18(24)16-11-22-17(12-20-16)21-10-13-6-5-9-27-13/h3-9,11-12H,2,10H2,1H3,(H,21,22)(H,23,24). The average Bonchev–Trinajstić information content (AvgIpc) is 3.21. The maximum absolute atomic E-state index is 12.4. The third kappa shape index (κ3) is 4.69. The van der Waals surface area contributed by atoms with E-state index in [1.54, 1.807) is 43.5 Å².